The van der Waals surface area contributed by atoms with Gasteiger partial charge in [0.15, 0.2) is 0 Å². The van der Waals surface area contributed by atoms with Crippen molar-refractivity contribution in [3.8, 4) is 5.88 Å². The zero-order valence-electron chi connectivity index (χ0n) is 14.7. The summed E-state index contributed by atoms with van der Waals surface area (Å²) < 4.78 is 36.0. The summed E-state index contributed by atoms with van der Waals surface area (Å²) in [4.78, 5) is 10.8. The van der Waals surface area contributed by atoms with E-state index in [9.17, 15) is 8.78 Å². The molecule has 2 rings (SSSR count). The Morgan fingerprint density at radius 1 is 1.44 bits per heavy atom. The molecule has 2 atom stereocenters. The lowest BCUT2D eigenvalue weighted by Gasteiger charge is -2.29. The van der Waals surface area contributed by atoms with Crippen molar-refractivity contribution < 1.29 is 18.3 Å². The van der Waals surface area contributed by atoms with Gasteiger partial charge in [-0.05, 0) is 55.1 Å². The van der Waals surface area contributed by atoms with Crippen molar-refractivity contribution in [3.63, 3.8) is 0 Å². The molecule has 1 aromatic rings. The number of hydrogen-bond acceptors (Lipinski definition) is 4. The number of nitrogens with zero attached hydrogens (tertiary/aromatic N) is 3. The summed E-state index contributed by atoms with van der Waals surface area (Å²) in [7, 11) is 1.94. The summed E-state index contributed by atoms with van der Waals surface area (Å²) in [5.41, 5.74) is 1.50. The van der Waals surface area contributed by atoms with Crippen LogP contribution in [0.5, 0.6) is 5.88 Å². The van der Waals surface area contributed by atoms with Crippen LogP contribution in [0.4, 0.5) is 14.5 Å². The van der Waals surface area contributed by atoms with Crippen LogP contribution >= 0.6 is 15.9 Å². The maximum absolute atomic E-state index is 12.4. The van der Waals surface area contributed by atoms with Gasteiger partial charge in [-0.25, -0.2) is 9.98 Å². The number of rotatable bonds is 7. The molecule has 0 amide bonds. The second-order valence-corrected chi connectivity index (χ2v) is 6.98. The Morgan fingerprint density at radius 2 is 2.16 bits per heavy atom. The van der Waals surface area contributed by atoms with E-state index < -0.39 is 12.7 Å². The van der Waals surface area contributed by atoms with Crippen LogP contribution in [-0.2, 0) is 4.74 Å². The second kappa shape index (κ2) is 9.43. The monoisotopic (exact) mass is 419 g/mol. The molecule has 0 spiro atoms. The highest BCUT2D eigenvalue weighted by Gasteiger charge is 2.27. The van der Waals surface area contributed by atoms with Gasteiger partial charge in [-0.2, -0.15) is 8.78 Å². The van der Waals surface area contributed by atoms with E-state index in [1.807, 2.05) is 31.9 Å². The van der Waals surface area contributed by atoms with Crippen molar-refractivity contribution in [1.29, 1.82) is 0 Å². The Kier molecular flexibility index (Phi) is 7.56. The fraction of sp³-hybridized carbons (Fsp3) is 0.647. The van der Waals surface area contributed by atoms with Gasteiger partial charge < -0.3 is 14.4 Å². The normalized spacial score (nSPS) is 21.1. The minimum absolute atomic E-state index is 0.179. The first-order valence-corrected chi connectivity index (χ1v) is 9.20. The number of aliphatic imine (C=N–C) groups is 1. The van der Waals surface area contributed by atoms with Crippen molar-refractivity contribution in [3.05, 3.63) is 16.2 Å². The van der Waals surface area contributed by atoms with Crippen LogP contribution in [0.25, 0.3) is 0 Å². The second-order valence-electron chi connectivity index (χ2n) is 6.12. The molecule has 0 radical (unpaired) electrons. The number of halogens is 3. The molecule has 8 heteroatoms. The van der Waals surface area contributed by atoms with Gasteiger partial charge in [0.1, 0.15) is 6.10 Å². The number of aryl methyl sites for hydroxylation is 1. The quantitative estimate of drug-likeness (QED) is 0.474. The molecule has 0 bridgehead atoms. The molecule has 25 heavy (non-hydrogen) atoms. The number of hydrogen-bond donors (Lipinski definition) is 0. The molecule has 1 heterocycles. The summed E-state index contributed by atoms with van der Waals surface area (Å²) >= 11 is 3.46. The van der Waals surface area contributed by atoms with E-state index in [2.05, 4.69) is 30.6 Å². The number of ether oxygens (including phenoxy) is 2. The number of aromatic nitrogens is 1. The molecule has 0 saturated heterocycles. The average molecular weight is 420 g/mol. The van der Waals surface area contributed by atoms with Gasteiger partial charge in [0, 0.05) is 20.0 Å². The highest BCUT2D eigenvalue weighted by Crippen LogP contribution is 2.33. The van der Waals surface area contributed by atoms with Gasteiger partial charge in [0.2, 0.25) is 5.88 Å². The molecule has 0 aromatic carbocycles. The lowest BCUT2D eigenvalue weighted by molar-refractivity contribution is -0.175. The Labute approximate surface area is 155 Å². The smallest absolute Gasteiger partial charge is 0.345 e. The Balaban J connectivity index is 2.05. The van der Waals surface area contributed by atoms with Crippen LogP contribution in [0.2, 0.25) is 0 Å². The summed E-state index contributed by atoms with van der Waals surface area (Å²) in [6.07, 6.45) is 3.79. The molecule has 0 aliphatic heterocycles. The highest BCUT2D eigenvalue weighted by atomic mass is 79.9. The third-order valence-electron chi connectivity index (χ3n) is 4.15. The first kappa shape index (κ1) is 20.0. The van der Waals surface area contributed by atoms with Gasteiger partial charge in [0.25, 0.3) is 0 Å². The van der Waals surface area contributed by atoms with Gasteiger partial charge in [-0.1, -0.05) is 0 Å². The first-order valence-electron chi connectivity index (χ1n) is 8.40. The Hall–Kier alpha value is -1.28. The molecule has 140 valence electrons. The van der Waals surface area contributed by atoms with E-state index in [-0.39, 0.29) is 6.10 Å². The zero-order chi connectivity index (χ0) is 18.4. The van der Waals surface area contributed by atoms with Crippen LogP contribution in [0.15, 0.2) is 15.5 Å². The van der Waals surface area contributed by atoms with E-state index in [0.29, 0.717) is 23.2 Å². The topological polar surface area (TPSA) is 47.0 Å². The number of alkyl halides is 2. The minimum atomic E-state index is -2.74. The molecule has 0 N–H and O–H groups in total. The van der Waals surface area contributed by atoms with Gasteiger partial charge >= 0.3 is 6.61 Å². The van der Waals surface area contributed by atoms with E-state index in [1.54, 1.807) is 6.34 Å². The van der Waals surface area contributed by atoms with Crippen LogP contribution in [0.3, 0.4) is 0 Å². The fourth-order valence-corrected chi connectivity index (χ4v) is 3.04. The lowest BCUT2D eigenvalue weighted by atomic mass is 9.95. The van der Waals surface area contributed by atoms with Crippen molar-refractivity contribution in [2.45, 2.75) is 58.4 Å². The van der Waals surface area contributed by atoms with Crippen LogP contribution in [-0.4, -0.2) is 48.6 Å². The molecule has 5 nitrogen and oxygen atoms in total. The summed E-state index contributed by atoms with van der Waals surface area (Å²) in [5, 5.41) is 0. The Bertz CT molecular complexity index is 602. The standard InChI is InChI=1S/C17H24BrF2N3O2/c1-4-23(3)10-21-15-9-14(18)16(22-11(15)2)24-12-6-5-7-13(8-12)25-17(19)20/h9-10,12-13,17H,4-8H2,1-3H3/b21-10+/t12-,13+/m0/s1. The minimum Gasteiger partial charge on any atom is -0.473 e. The van der Waals surface area contributed by atoms with E-state index >= 15 is 0 Å². The largest absolute Gasteiger partial charge is 0.473 e. The van der Waals surface area contributed by atoms with E-state index in [4.69, 9.17) is 4.74 Å². The zero-order valence-corrected chi connectivity index (χ0v) is 16.3. The van der Waals surface area contributed by atoms with Crippen LogP contribution < -0.4 is 4.74 Å². The average Bonchev–Trinajstić information content (AvgIpc) is 2.56. The number of pyridine rings is 1. The molecule has 0 unspecified atom stereocenters. The van der Waals surface area contributed by atoms with E-state index in [1.165, 1.54) is 0 Å². The molecule has 1 aromatic heterocycles. The predicted molar refractivity (Wildman–Crippen MR) is 96.9 cm³/mol. The Morgan fingerprint density at radius 3 is 2.84 bits per heavy atom. The fourth-order valence-electron chi connectivity index (χ4n) is 2.64. The van der Waals surface area contributed by atoms with Gasteiger partial charge in [0.05, 0.1) is 28.3 Å². The summed E-state index contributed by atoms with van der Waals surface area (Å²) in [6, 6.07) is 1.85. The van der Waals surface area contributed by atoms with E-state index in [0.717, 1.165) is 30.8 Å². The molecular weight excluding hydrogens is 396 g/mol. The molecule has 1 saturated carbocycles. The van der Waals surface area contributed by atoms with Crippen molar-refractivity contribution in [2.24, 2.45) is 4.99 Å². The maximum atomic E-state index is 12.4. The van der Waals surface area contributed by atoms with Crippen LogP contribution in [0, 0.1) is 6.92 Å². The molecule has 1 fully saturated rings. The first-order chi connectivity index (χ1) is 11.9. The molecule has 1 aliphatic rings. The predicted octanol–water partition coefficient (Wildman–Crippen LogP) is 4.69. The van der Waals surface area contributed by atoms with Crippen molar-refractivity contribution in [2.75, 3.05) is 13.6 Å². The lowest BCUT2D eigenvalue weighted by Crippen LogP contribution is -2.31. The summed E-state index contributed by atoms with van der Waals surface area (Å²) in [6.45, 7) is 2.02. The maximum Gasteiger partial charge on any atom is 0.345 e. The third-order valence-corrected chi connectivity index (χ3v) is 4.72. The van der Waals surface area contributed by atoms with Gasteiger partial charge in [-0.15, -0.1) is 0 Å². The van der Waals surface area contributed by atoms with Crippen molar-refractivity contribution in [1.82, 2.24) is 9.88 Å². The summed E-state index contributed by atoms with van der Waals surface area (Å²) in [5.74, 6) is 0.461. The highest BCUT2D eigenvalue weighted by molar-refractivity contribution is 9.10. The third kappa shape index (κ3) is 6.18. The van der Waals surface area contributed by atoms with Crippen molar-refractivity contribution >= 4 is 28.0 Å². The molecule has 1 aliphatic carbocycles. The molecular formula is C17H24BrF2N3O2. The van der Waals surface area contributed by atoms with Crippen LogP contribution in [0.1, 0.15) is 38.3 Å². The SMILES string of the molecule is CCN(C)/C=N/c1cc(Br)c(O[C@H]2CCC[C@@H](OC(F)F)C2)nc1C. The van der Waals surface area contributed by atoms with Gasteiger partial charge in [-0.3, -0.25) is 0 Å².